The highest BCUT2D eigenvalue weighted by Crippen LogP contribution is 2.33. The Morgan fingerprint density at radius 3 is 2.35 bits per heavy atom. The van der Waals surface area contributed by atoms with Gasteiger partial charge in [-0.05, 0) is 61.1 Å². The van der Waals surface area contributed by atoms with Crippen LogP contribution in [0.1, 0.15) is 69.9 Å². The van der Waals surface area contributed by atoms with Crippen molar-refractivity contribution in [1.82, 2.24) is 0 Å². The number of halogens is 1. The first-order valence-electron chi connectivity index (χ1n) is 8.90. The van der Waals surface area contributed by atoms with Gasteiger partial charge in [0.25, 0.3) is 5.91 Å². The van der Waals surface area contributed by atoms with E-state index in [1.807, 2.05) is 24.3 Å². The first-order valence-corrected chi connectivity index (χ1v) is 9.70. The van der Waals surface area contributed by atoms with Crippen LogP contribution >= 0.6 is 15.9 Å². The molecule has 5 heteroatoms. The third-order valence-electron chi connectivity index (χ3n) is 5.02. The zero-order valence-corrected chi connectivity index (χ0v) is 16.3. The van der Waals surface area contributed by atoms with E-state index >= 15 is 0 Å². The molecule has 1 fully saturated rings. The van der Waals surface area contributed by atoms with Crippen LogP contribution in [0.3, 0.4) is 0 Å². The highest BCUT2D eigenvalue weighted by atomic mass is 79.9. The van der Waals surface area contributed by atoms with E-state index in [1.54, 1.807) is 13.0 Å². The summed E-state index contributed by atoms with van der Waals surface area (Å²) in [6.45, 7) is 1.78. The van der Waals surface area contributed by atoms with Crippen molar-refractivity contribution in [2.24, 2.45) is 0 Å². The number of carbonyl (C=O) groups excluding carboxylic acids is 1. The maximum Gasteiger partial charge on any atom is 0.337 e. The van der Waals surface area contributed by atoms with Crippen LogP contribution in [0.15, 0.2) is 40.9 Å². The molecule has 0 bridgehead atoms. The molecule has 0 spiro atoms. The van der Waals surface area contributed by atoms with Crippen LogP contribution in [0.5, 0.6) is 0 Å². The second-order valence-corrected chi connectivity index (χ2v) is 7.78. The summed E-state index contributed by atoms with van der Waals surface area (Å²) in [6.07, 6.45) is 6.29. The van der Waals surface area contributed by atoms with E-state index in [0.717, 1.165) is 0 Å². The summed E-state index contributed by atoms with van der Waals surface area (Å²) in [6, 6.07) is 11.0. The summed E-state index contributed by atoms with van der Waals surface area (Å²) in [5.41, 5.74) is 2.92. The van der Waals surface area contributed by atoms with Crippen LogP contribution in [0, 0.1) is 6.92 Å². The molecule has 1 aliphatic rings. The number of benzene rings is 2. The predicted octanol–water partition coefficient (Wildman–Crippen LogP) is 5.76. The number of aromatic carboxylic acids is 1. The van der Waals surface area contributed by atoms with Crippen molar-refractivity contribution in [3.63, 3.8) is 0 Å². The van der Waals surface area contributed by atoms with Crippen molar-refractivity contribution in [2.45, 2.75) is 44.9 Å². The number of rotatable bonds is 4. The summed E-state index contributed by atoms with van der Waals surface area (Å²) in [7, 11) is 0. The van der Waals surface area contributed by atoms with Gasteiger partial charge < -0.3 is 10.4 Å². The number of carbonyl (C=O) groups is 2. The molecule has 0 saturated heterocycles. The Hall–Kier alpha value is -2.14. The zero-order valence-electron chi connectivity index (χ0n) is 14.7. The predicted molar refractivity (Wildman–Crippen MR) is 106 cm³/mol. The lowest BCUT2D eigenvalue weighted by Gasteiger charge is -2.22. The molecule has 0 unspecified atom stereocenters. The minimum Gasteiger partial charge on any atom is -0.478 e. The van der Waals surface area contributed by atoms with Gasteiger partial charge in [-0.2, -0.15) is 0 Å². The zero-order chi connectivity index (χ0) is 18.7. The Bertz CT molecular complexity index is 824. The van der Waals surface area contributed by atoms with Crippen molar-refractivity contribution in [3.05, 3.63) is 63.1 Å². The first kappa shape index (κ1) is 18.6. The number of hydrogen-bond donors (Lipinski definition) is 2. The van der Waals surface area contributed by atoms with Gasteiger partial charge in [0.2, 0.25) is 0 Å². The van der Waals surface area contributed by atoms with Gasteiger partial charge in [-0.3, -0.25) is 4.79 Å². The first-order chi connectivity index (χ1) is 12.5. The van der Waals surface area contributed by atoms with Crippen molar-refractivity contribution in [3.8, 4) is 0 Å². The fraction of sp³-hybridized carbons (Fsp3) is 0.333. The summed E-state index contributed by atoms with van der Waals surface area (Å²) in [5, 5.41) is 12.2. The van der Waals surface area contributed by atoms with Crippen LogP contribution in [-0.4, -0.2) is 17.0 Å². The third-order valence-corrected chi connectivity index (χ3v) is 5.48. The number of nitrogens with one attached hydrogen (secondary N) is 1. The summed E-state index contributed by atoms with van der Waals surface area (Å²) < 4.78 is 0.669. The molecule has 2 aromatic rings. The molecule has 4 nitrogen and oxygen atoms in total. The number of hydrogen-bond acceptors (Lipinski definition) is 2. The van der Waals surface area contributed by atoms with E-state index in [-0.39, 0.29) is 11.5 Å². The standard InChI is InChI=1S/C21H22BrNO3/c1-13-11-17(22)12-18(21(25)26)19(13)23-20(24)16-9-7-15(8-10-16)14-5-3-2-4-6-14/h7-12,14H,2-6H2,1H3,(H,23,24)(H,25,26). The van der Waals surface area contributed by atoms with Gasteiger partial charge in [0.15, 0.2) is 0 Å². The van der Waals surface area contributed by atoms with Gasteiger partial charge in [0.05, 0.1) is 11.3 Å². The number of carboxylic acid groups (broad SMARTS) is 1. The van der Waals surface area contributed by atoms with E-state index in [2.05, 4.69) is 21.2 Å². The Morgan fingerprint density at radius 1 is 1.08 bits per heavy atom. The van der Waals surface area contributed by atoms with Crippen molar-refractivity contribution in [1.29, 1.82) is 0 Å². The lowest BCUT2D eigenvalue weighted by atomic mass is 9.84. The van der Waals surface area contributed by atoms with Crippen molar-refractivity contribution in [2.75, 3.05) is 5.32 Å². The fourth-order valence-corrected chi connectivity index (χ4v) is 4.18. The molecule has 0 atom stereocenters. The molecule has 136 valence electrons. The summed E-state index contributed by atoms with van der Waals surface area (Å²) >= 11 is 3.30. The normalized spacial score (nSPS) is 14.8. The van der Waals surface area contributed by atoms with Gasteiger partial charge in [0.1, 0.15) is 0 Å². The quantitative estimate of drug-likeness (QED) is 0.667. The van der Waals surface area contributed by atoms with Crippen LogP contribution in [0.4, 0.5) is 5.69 Å². The monoisotopic (exact) mass is 415 g/mol. The molecule has 1 amide bonds. The van der Waals surface area contributed by atoms with Crippen LogP contribution in [-0.2, 0) is 0 Å². The SMILES string of the molecule is Cc1cc(Br)cc(C(=O)O)c1NC(=O)c1ccc(C2CCCCC2)cc1. The minimum absolute atomic E-state index is 0.0732. The molecule has 3 rings (SSSR count). The molecule has 0 aromatic heterocycles. The smallest absolute Gasteiger partial charge is 0.337 e. The van der Waals surface area contributed by atoms with Crippen LogP contribution in [0.2, 0.25) is 0 Å². The molecule has 1 aliphatic carbocycles. The molecule has 0 heterocycles. The van der Waals surface area contributed by atoms with Gasteiger partial charge in [-0.25, -0.2) is 4.79 Å². The van der Waals surface area contributed by atoms with E-state index in [0.29, 0.717) is 27.2 Å². The lowest BCUT2D eigenvalue weighted by Crippen LogP contribution is -2.16. The molecule has 0 radical (unpaired) electrons. The van der Waals surface area contributed by atoms with E-state index < -0.39 is 5.97 Å². The number of carboxylic acids is 1. The fourth-order valence-electron chi connectivity index (χ4n) is 3.61. The number of aryl methyl sites for hydroxylation is 1. The molecule has 2 aromatic carbocycles. The maximum atomic E-state index is 12.6. The summed E-state index contributed by atoms with van der Waals surface area (Å²) in [5.74, 6) is -0.779. The third kappa shape index (κ3) is 4.15. The minimum atomic E-state index is -1.07. The lowest BCUT2D eigenvalue weighted by molar-refractivity contribution is 0.0698. The largest absolute Gasteiger partial charge is 0.478 e. The Kier molecular flexibility index (Phi) is 5.77. The van der Waals surface area contributed by atoms with E-state index in [9.17, 15) is 14.7 Å². The second kappa shape index (κ2) is 8.04. The average Bonchev–Trinajstić information content (AvgIpc) is 2.64. The second-order valence-electron chi connectivity index (χ2n) is 6.86. The van der Waals surface area contributed by atoms with Crippen LogP contribution in [0.25, 0.3) is 0 Å². The highest BCUT2D eigenvalue weighted by Gasteiger charge is 2.18. The maximum absolute atomic E-state index is 12.6. The van der Waals surface area contributed by atoms with Gasteiger partial charge in [-0.1, -0.05) is 47.3 Å². The van der Waals surface area contributed by atoms with Gasteiger partial charge in [0, 0.05) is 10.0 Å². The summed E-state index contributed by atoms with van der Waals surface area (Å²) in [4.78, 5) is 24.1. The Labute approximate surface area is 161 Å². The Morgan fingerprint density at radius 2 is 1.73 bits per heavy atom. The molecule has 26 heavy (non-hydrogen) atoms. The molecule has 0 aliphatic heterocycles. The molecule has 2 N–H and O–H groups in total. The van der Waals surface area contributed by atoms with Gasteiger partial charge >= 0.3 is 5.97 Å². The van der Waals surface area contributed by atoms with Crippen molar-refractivity contribution >= 4 is 33.5 Å². The molecule has 1 saturated carbocycles. The highest BCUT2D eigenvalue weighted by molar-refractivity contribution is 9.10. The molecular weight excluding hydrogens is 394 g/mol. The van der Waals surface area contributed by atoms with E-state index in [1.165, 1.54) is 43.7 Å². The van der Waals surface area contributed by atoms with E-state index in [4.69, 9.17) is 0 Å². The number of amides is 1. The Balaban J connectivity index is 1.79. The van der Waals surface area contributed by atoms with Crippen LogP contribution < -0.4 is 5.32 Å². The molecular formula is C21H22BrNO3. The topological polar surface area (TPSA) is 66.4 Å². The number of anilines is 1. The van der Waals surface area contributed by atoms with Gasteiger partial charge in [-0.15, -0.1) is 0 Å². The average molecular weight is 416 g/mol. The van der Waals surface area contributed by atoms with Crippen molar-refractivity contribution < 1.29 is 14.7 Å².